The number of nitrogens with zero attached hydrogens (tertiary/aromatic N) is 2. The van der Waals surface area contributed by atoms with E-state index in [9.17, 15) is 4.79 Å². The van der Waals surface area contributed by atoms with Gasteiger partial charge in [-0.05, 0) is 33.1 Å². The van der Waals surface area contributed by atoms with Crippen molar-refractivity contribution in [1.29, 1.82) is 0 Å². The fourth-order valence-corrected chi connectivity index (χ4v) is 3.02. The van der Waals surface area contributed by atoms with Crippen LogP contribution in [0, 0.1) is 13.8 Å². The van der Waals surface area contributed by atoms with Gasteiger partial charge < -0.3 is 18.9 Å². The summed E-state index contributed by atoms with van der Waals surface area (Å²) in [6.45, 7) is 5.51. The Balaban J connectivity index is 1.84. The molecule has 1 unspecified atom stereocenters. The molecule has 6 nitrogen and oxygen atoms in total. The average molecular weight is 280 g/mol. The molecule has 1 amide bonds. The topological polar surface area (TPSA) is 64.8 Å². The number of amides is 1. The summed E-state index contributed by atoms with van der Waals surface area (Å²) in [5, 5.41) is 3.87. The third-order valence-corrected chi connectivity index (χ3v) is 4.02. The summed E-state index contributed by atoms with van der Waals surface area (Å²) in [6.07, 6.45) is 2.73. The Morgan fingerprint density at radius 2 is 2.00 bits per heavy atom. The van der Waals surface area contributed by atoms with Gasteiger partial charge >= 0.3 is 0 Å². The molecule has 3 heterocycles. The highest BCUT2D eigenvalue weighted by molar-refractivity contribution is 5.96. The third kappa shape index (κ3) is 2.33. The number of hydrogen-bond donors (Lipinski definition) is 0. The molecule has 0 spiro atoms. The molecule has 2 aliphatic heterocycles. The van der Waals surface area contributed by atoms with E-state index in [1.165, 1.54) is 0 Å². The Hall–Kier alpha value is -1.40. The van der Waals surface area contributed by atoms with Gasteiger partial charge in [0.2, 0.25) is 0 Å². The van der Waals surface area contributed by atoms with Gasteiger partial charge in [0.15, 0.2) is 6.29 Å². The Kier molecular flexibility index (Phi) is 3.76. The van der Waals surface area contributed by atoms with Gasteiger partial charge in [0, 0.05) is 6.54 Å². The smallest absolute Gasteiger partial charge is 0.259 e. The molecular formula is C14H20N2O4. The summed E-state index contributed by atoms with van der Waals surface area (Å²) >= 11 is 0. The first kappa shape index (κ1) is 13.6. The molecule has 1 aromatic rings. The van der Waals surface area contributed by atoms with Crippen molar-refractivity contribution >= 4 is 5.91 Å². The van der Waals surface area contributed by atoms with Crippen molar-refractivity contribution in [1.82, 2.24) is 10.1 Å². The molecule has 2 aliphatic rings. The van der Waals surface area contributed by atoms with Crippen molar-refractivity contribution in [3.63, 3.8) is 0 Å². The zero-order chi connectivity index (χ0) is 14.1. The normalized spacial score (nSPS) is 24.3. The number of carbonyl (C=O) groups is 1. The number of rotatable bonds is 2. The summed E-state index contributed by atoms with van der Waals surface area (Å²) in [7, 11) is 0. The molecule has 1 aromatic heterocycles. The van der Waals surface area contributed by atoms with Crippen LogP contribution < -0.4 is 0 Å². The van der Waals surface area contributed by atoms with Crippen LogP contribution in [0.3, 0.4) is 0 Å². The van der Waals surface area contributed by atoms with Crippen LogP contribution in [0.2, 0.25) is 0 Å². The highest BCUT2D eigenvalue weighted by Gasteiger charge is 2.37. The molecule has 2 fully saturated rings. The van der Waals surface area contributed by atoms with Gasteiger partial charge in [0.25, 0.3) is 5.91 Å². The Morgan fingerprint density at radius 3 is 2.65 bits per heavy atom. The van der Waals surface area contributed by atoms with Crippen LogP contribution in [0.1, 0.15) is 41.1 Å². The van der Waals surface area contributed by atoms with Crippen LogP contribution in [0.4, 0.5) is 0 Å². The highest BCUT2D eigenvalue weighted by atomic mass is 16.7. The predicted octanol–water partition coefficient (Wildman–Crippen LogP) is 1.66. The van der Waals surface area contributed by atoms with Crippen molar-refractivity contribution in [3.8, 4) is 0 Å². The first-order chi connectivity index (χ1) is 9.68. The predicted molar refractivity (Wildman–Crippen MR) is 70.3 cm³/mol. The maximum atomic E-state index is 12.8. The van der Waals surface area contributed by atoms with Crippen LogP contribution in [0.5, 0.6) is 0 Å². The number of piperidine rings is 1. The van der Waals surface area contributed by atoms with E-state index in [-0.39, 0.29) is 18.2 Å². The molecule has 0 aliphatic carbocycles. The Bertz CT molecular complexity index is 474. The lowest BCUT2D eigenvalue weighted by molar-refractivity contribution is -0.100. The number of hydrogen-bond acceptors (Lipinski definition) is 5. The zero-order valence-electron chi connectivity index (χ0n) is 11.9. The molecule has 0 bridgehead atoms. The molecule has 2 saturated heterocycles. The third-order valence-electron chi connectivity index (χ3n) is 4.02. The minimum atomic E-state index is -0.292. The first-order valence-electron chi connectivity index (χ1n) is 7.15. The molecule has 1 atom stereocenters. The quantitative estimate of drug-likeness (QED) is 0.824. The lowest BCUT2D eigenvalue weighted by Crippen LogP contribution is -2.50. The van der Waals surface area contributed by atoms with Gasteiger partial charge in [-0.1, -0.05) is 5.16 Å². The van der Waals surface area contributed by atoms with E-state index in [2.05, 4.69) is 5.16 Å². The van der Waals surface area contributed by atoms with Gasteiger partial charge in [-0.2, -0.15) is 0 Å². The van der Waals surface area contributed by atoms with E-state index in [1.807, 2.05) is 4.90 Å². The second-order valence-electron chi connectivity index (χ2n) is 5.37. The van der Waals surface area contributed by atoms with Crippen LogP contribution in [0.25, 0.3) is 0 Å². The number of aryl methyl sites for hydroxylation is 2. The van der Waals surface area contributed by atoms with Gasteiger partial charge in [-0.3, -0.25) is 4.79 Å². The standard InChI is InChI=1S/C14H20N2O4/c1-9-12(10(2)20-15-9)13(17)16-6-4-3-5-11(16)14-18-7-8-19-14/h11,14H,3-8H2,1-2H3. The lowest BCUT2D eigenvalue weighted by atomic mass is 10.00. The summed E-state index contributed by atoms with van der Waals surface area (Å²) in [5.41, 5.74) is 1.22. The molecule has 3 rings (SSSR count). The maximum Gasteiger partial charge on any atom is 0.259 e. The minimum Gasteiger partial charge on any atom is -0.361 e. The SMILES string of the molecule is Cc1noc(C)c1C(=O)N1CCCCC1C1OCCO1. The van der Waals surface area contributed by atoms with E-state index >= 15 is 0 Å². The fraction of sp³-hybridized carbons (Fsp3) is 0.714. The van der Waals surface area contributed by atoms with Gasteiger partial charge in [-0.25, -0.2) is 0 Å². The van der Waals surface area contributed by atoms with Crippen molar-refractivity contribution < 1.29 is 18.8 Å². The molecule has 0 radical (unpaired) electrons. The van der Waals surface area contributed by atoms with Crippen molar-refractivity contribution in [3.05, 3.63) is 17.0 Å². The van der Waals surface area contributed by atoms with Crippen LogP contribution in [-0.4, -0.2) is 48.1 Å². The van der Waals surface area contributed by atoms with E-state index in [0.29, 0.717) is 30.2 Å². The molecule has 20 heavy (non-hydrogen) atoms. The summed E-state index contributed by atoms with van der Waals surface area (Å²) < 4.78 is 16.3. The van der Waals surface area contributed by atoms with Gasteiger partial charge in [-0.15, -0.1) is 0 Å². The van der Waals surface area contributed by atoms with Crippen molar-refractivity contribution in [2.75, 3.05) is 19.8 Å². The molecule has 0 N–H and O–H groups in total. The fourth-order valence-electron chi connectivity index (χ4n) is 3.02. The second-order valence-corrected chi connectivity index (χ2v) is 5.37. The molecule has 0 aromatic carbocycles. The number of likely N-dealkylation sites (tertiary alicyclic amines) is 1. The summed E-state index contributed by atoms with van der Waals surface area (Å²) in [5.74, 6) is 0.551. The zero-order valence-corrected chi connectivity index (χ0v) is 11.9. The van der Waals surface area contributed by atoms with E-state index in [1.54, 1.807) is 13.8 Å². The second kappa shape index (κ2) is 5.54. The summed E-state index contributed by atoms with van der Waals surface area (Å²) in [6, 6.07) is -0.00699. The minimum absolute atomic E-state index is 0.00699. The van der Waals surface area contributed by atoms with Gasteiger partial charge in [0.05, 0.1) is 24.9 Å². The lowest BCUT2D eigenvalue weighted by Gasteiger charge is -2.37. The van der Waals surface area contributed by atoms with E-state index in [4.69, 9.17) is 14.0 Å². The van der Waals surface area contributed by atoms with Gasteiger partial charge in [0.1, 0.15) is 11.3 Å². The molecule has 6 heteroatoms. The maximum absolute atomic E-state index is 12.8. The van der Waals surface area contributed by atoms with Crippen LogP contribution in [0.15, 0.2) is 4.52 Å². The van der Waals surface area contributed by atoms with E-state index in [0.717, 1.165) is 25.8 Å². The average Bonchev–Trinajstić information content (AvgIpc) is 3.09. The number of ether oxygens (including phenoxy) is 2. The molecular weight excluding hydrogens is 260 g/mol. The molecule has 0 saturated carbocycles. The Morgan fingerprint density at radius 1 is 1.25 bits per heavy atom. The largest absolute Gasteiger partial charge is 0.361 e. The first-order valence-corrected chi connectivity index (χ1v) is 7.15. The van der Waals surface area contributed by atoms with Crippen molar-refractivity contribution in [2.24, 2.45) is 0 Å². The van der Waals surface area contributed by atoms with Crippen molar-refractivity contribution in [2.45, 2.75) is 45.4 Å². The highest BCUT2D eigenvalue weighted by Crippen LogP contribution is 2.27. The molecule has 110 valence electrons. The Labute approximate surface area is 118 Å². The van der Waals surface area contributed by atoms with Crippen LogP contribution >= 0.6 is 0 Å². The monoisotopic (exact) mass is 280 g/mol. The number of aromatic nitrogens is 1. The summed E-state index contributed by atoms with van der Waals surface area (Å²) in [4.78, 5) is 14.7. The number of carbonyl (C=O) groups excluding carboxylic acids is 1. The van der Waals surface area contributed by atoms with Crippen LogP contribution in [-0.2, 0) is 9.47 Å². The van der Waals surface area contributed by atoms with E-state index < -0.39 is 0 Å².